The Morgan fingerprint density at radius 2 is 1.76 bits per heavy atom. The summed E-state index contributed by atoms with van der Waals surface area (Å²) in [5, 5.41) is 15.2. The average Bonchev–Trinajstić information content (AvgIpc) is 3.51. The largest absolute Gasteiger partial charge is 0.496 e. The van der Waals surface area contributed by atoms with Crippen molar-refractivity contribution in [3.05, 3.63) is 77.1 Å². The summed E-state index contributed by atoms with van der Waals surface area (Å²) in [7, 11) is 1.67. The van der Waals surface area contributed by atoms with Gasteiger partial charge >= 0.3 is 0 Å². The number of aromatic nitrogens is 4. The number of para-hydroxylation sites is 2. The molecule has 0 atom stereocenters. The normalized spacial score (nSPS) is 14.4. The van der Waals surface area contributed by atoms with Crippen LogP contribution in [0.15, 0.2) is 60.8 Å². The van der Waals surface area contributed by atoms with Crippen LogP contribution < -0.4 is 4.74 Å². The minimum Gasteiger partial charge on any atom is -0.496 e. The highest BCUT2D eigenvalue weighted by atomic mass is 32.1. The van der Waals surface area contributed by atoms with Crippen LogP contribution in [0.4, 0.5) is 0 Å². The van der Waals surface area contributed by atoms with Gasteiger partial charge in [0.2, 0.25) is 0 Å². The number of hydrogen-bond acceptors (Lipinski definition) is 6. The van der Waals surface area contributed by atoms with E-state index in [2.05, 4.69) is 15.3 Å². The summed E-state index contributed by atoms with van der Waals surface area (Å²) in [5.74, 6) is 1.15. The second-order valence-electron chi connectivity index (χ2n) is 8.10. The van der Waals surface area contributed by atoms with E-state index in [1.807, 2.05) is 71.1 Å². The molecule has 2 aromatic carbocycles. The molecule has 1 aliphatic rings. The Balaban J connectivity index is 1.26. The van der Waals surface area contributed by atoms with Crippen LogP contribution in [0.3, 0.4) is 0 Å². The van der Waals surface area contributed by atoms with Crippen molar-refractivity contribution in [2.75, 3.05) is 20.2 Å². The molecule has 4 aromatic rings. The molecule has 7 nitrogen and oxygen atoms in total. The van der Waals surface area contributed by atoms with Gasteiger partial charge in [0.25, 0.3) is 5.91 Å². The number of rotatable bonds is 5. The molecule has 0 N–H and O–H groups in total. The zero-order chi connectivity index (χ0) is 22.8. The van der Waals surface area contributed by atoms with Gasteiger partial charge in [0.05, 0.1) is 35.8 Å². The Bertz CT molecular complexity index is 1260. The summed E-state index contributed by atoms with van der Waals surface area (Å²) < 4.78 is 7.28. The Hall–Kier alpha value is -3.52. The number of hydrogen-bond donors (Lipinski definition) is 0. The molecular formula is C25H25N5O2S. The van der Waals surface area contributed by atoms with Crippen LogP contribution >= 0.6 is 11.3 Å². The minimum absolute atomic E-state index is 0.0418. The molecule has 1 saturated heterocycles. The molecule has 0 bridgehead atoms. The standard InChI is InChI=1S/C25H25N5O2S/c1-17-21(16-26-30(17)19-8-4-3-5-9-19)25(31)29-14-12-18(13-15-29)23-27-28-24(33-23)20-10-6-7-11-22(20)32-2/h3-11,16,18H,12-15H2,1-2H3. The Kier molecular flexibility index (Phi) is 5.92. The highest BCUT2D eigenvalue weighted by molar-refractivity contribution is 7.14. The topological polar surface area (TPSA) is 73.1 Å². The van der Waals surface area contributed by atoms with E-state index in [0.29, 0.717) is 24.6 Å². The molecule has 0 saturated carbocycles. The third kappa shape index (κ3) is 4.14. The molecule has 0 unspecified atom stereocenters. The molecule has 5 rings (SSSR count). The SMILES string of the molecule is COc1ccccc1-c1nnc(C2CCN(C(=O)c3cnn(-c4ccccc4)c3C)CC2)s1. The van der Waals surface area contributed by atoms with Gasteiger partial charge < -0.3 is 9.64 Å². The van der Waals surface area contributed by atoms with E-state index in [-0.39, 0.29) is 5.91 Å². The number of piperidine rings is 1. The monoisotopic (exact) mass is 459 g/mol. The molecule has 8 heteroatoms. The van der Waals surface area contributed by atoms with Crippen molar-refractivity contribution < 1.29 is 9.53 Å². The van der Waals surface area contributed by atoms with E-state index in [0.717, 1.165) is 45.6 Å². The molecule has 1 fully saturated rings. The minimum atomic E-state index is 0.0418. The molecule has 0 spiro atoms. The lowest BCUT2D eigenvalue weighted by Gasteiger charge is -2.30. The predicted molar refractivity (Wildman–Crippen MR) is 128 cm³/mol. The van der Waals surface area contributed by atoms with Crippen molar-refractivity contribution in [2.24, 2.45) is 0 Å². The smallest absolute Gasteiger partial charge is 0.257 e. The van der Waals surface area contributed by atoms with Gasteiger partial charge in [-0.1, -0.05) is 41.7 Å². The van der Waals surface area contributed by atoms with Crippen LogP contribution in [0.5, 0.6) is 5.75 Å². The predicted octanol–water partition coefficient (Wildman–Crippen LogP) is 4.73. The van der Waals surface area contributed by atoms with Crippen molar-refractivity contribution in [1.82, 2.24) is 24.9 Å². The fraction of sp³-hybridized carbons (Fsp3) is 0.280. The molecule has 0 radical (unpaired) electrons. The number of ether oxygens (including phenoxy) is 1. The van der Waals surface area contributed by atoms with Gasteiger partial charge in [0, 0.05) is 19.0 Å². The first-order chi connectivity index (χ1) is 16.2. The number of nitrogens with zero attached hydrogens (tertiary/aromatic N) is 5. The van der Waals surface area contributed by atoms with E-state index >= 15 is 0 Å². The zero-order valence-corrected chi connectivity index (χ0v) is 19.5. The van der Waals surface area contributed by atoms with Crippen LogP contribution in [0, 0.1) is 6.92 Å². The van der Waals surface area contributed by atoms with Gasteiger partial charge in [-0.25, -0.2) is 4.68 Å². The second kappa shape index (κ2) is 9.15. The van der Waals surface area contributed by atoms with Gasteiger partial charge in [-0.3, -0.25) is 4.79 Å². The first-order valence-corrected chi connectivity index (χ1v) is 11.8. The van der Waals surface area contributed by atoms with Gasteiger partial charge in [-0.05, 0) is 44.0 Å². The number of amides is 1. The van der Waals surface area contributed by atoms with Crippen molar-refractivity contribution in [3.8, 4) is 22.0 Å². The van der Waals surface area contributed by atoms with Crippen molar-refractivity contribution in [3.63, 3.8) is 0 Å². The van der Waals surface area contributed by atoms with Crippen molar-refractivity contribution in [2.45, 2.75) is 25.7 Å². The second-order valence-corrected chi connectivity index (χ2v) is 9.11. The summed E-state index contributed by atoms with van der Waals surface area (Å²) in [5.41, 5.74) is 3.43. The lowest BCUT2D eigenvalue weighted by Crippen LogP contribution is -2.38. The molecule has 2 aromatic heterocycles. The average molecular weight is 460 g/mol. The van der Waals surface area contributed by atoms with Gasteiger partial charge in [0.1, 0.15) is 10.8 Å². The van der Waals surface area contributed by atoms with Crippen LogP contribution in [0.2, 0.25) is 0 Å². The fourth-order valence-electron chi connectivity index (χ4n) is 4.28. The Morgan fingerprint density at radius 1 is 1.03 bits per heavy atom. The van der Waals surface area contributed by atoms with Crippen LogP contribution in [-0.2, 0) is 0 Å². The van der Waals surface area contributed by atoms with Gasteiger partial charge in [0.15, 0.2) is 5.01 Å². The molecule has 1 amide bonds. The summed E-state index contributed by atoms with van der Waals surface area (Å²) in [6.45, 7) is 3.34. The molecular weight excluding hydrogens is 434 g/mol. The van der Waals surface area contributed by atoms with E-state index in [1.54, 1.807) is 24.6 Å². The first kappa shape index (κ1) is 21.3. The maximum absolute atomic E-state index is 13.2. The van der Waals surface area contributed by atoms with Gasteiger partial charge in [-0.15, -0.1) is 10.2 Å². The van der Waals surface area contributed by atoms with Crippen molar-refractivity contribution >= 4 is 17.2 Å². The van der Waals surface area contributed by atoms with Crippen molar-refractivity contribution in [1.29, 1.82) is 0 Å². The zero-order valence-electron chi connectivity index (χ0n) is 18.6. The third-order valence-electron chi connectivity index (χ3n) is 6.15. The highest BCUT2D eigenvalue weighted by Crippen LogP contribution is 2.36. The molecule has 3 heterocycles. The Labute approximate surface area is 196 Å². The number of carbonyl (C=O) groups is 1. The lowest BCUT2D eigenvalue weighted by molar-refractivity contribution is 0.0712. The van der Waals surface area contributed by atoms with E-state index in [9.17, 15) is 4.79 Å². The molecule has 0 aliphatic carbocycles. The maximum Gasteiger partial charge on any atom is 0.257 e. The molecule has 168 valence electrons. The van der Waals surface area contributed by atoms with Crippen LogP contribution in [0.1, 0.15) is 39.8 Å². The Morgan fingerprint density at radius 3 is 2.52 bits per heavy atom. The molecule has 33 heavy (non-hydrogen) atoms. The maximum atomic E-state index is 13.2. The molecule has 1 aliphatic heterocycles. The highest BCUT2D eigenvalue weighted by Gasteiger charge is 2.29. The number of benzene rings is 2. The van der Waals surface area contributed by atoms with Gasteiger partial charge in [-0.2, -0.15) is 5.10 Å². The summed E-state index contributed by atoms with van der Waals surface area (Å²) in [6.07, 6.45) is 3.43. The summed E-state index contributed by atoms with van der Waals surface area (Å²) >= 11 is 1.61. The fourth-order valence-corrected chi connectivity index (χ4v) is 5.32. The van der Waals surface area contributed by atoms with Crippen LogP contribution in [-0.4, -0.2) is 51.0 Å². The van der Waals surface area contributed by atoms with E-state index in [1.165, 1.54) is 0 Å². The summed E-state index contributed by atoms with van der Waals surface area (Å²) in [6, 6.07) is 17.7. The lowest BCUT2D eigenvalue weighted by atomic mass is 9.97. The van der Waals surface area contributed by atoms with E-state index in [4.69, 9.17) is 4.74 Å². The quantitative estimate of drug-likeness (QED) is 0.431. The number of likely N-dealkylation sites (tertiary alicyclic amines) is 1. The first-order valence-electron chi connectivity index (χ1n) is 11.0. The number of methoxy groups -OCH3 is 1. The summed E-state index contributed by atoms with van der Waals surface area (Å²) in [4.78, 5) is 15.1. The third-order valence-corrected chi connectivity index (χ3v) is 7.27. The van der Waals surface area contributed by atoms with E-state index < -0.39 is 0 Å². The number of carbonyl (C=O) groups excluding carboxylic acids is 1. The van der Waals surface area contributed by atoms with Crippen LogP contribution in [0.25, 0.3) is 16.3 Å².